The lowest BCUT2D eigenvalue weighted by molar-refractivity contribution is 0.0990. The molecule has 0 aliphatic rings. The monoisotopic (exact) mass is 298 g/mol. The predicted octanol–water partition coefficient (Wildman–Crippen LogP) is 0.482. The summed E-state index contributed by atoms with van der Waals surface area (Å²) in [6.45, 7) is 1.79. The van der Waals surface area contributed by atoms with Crippen molar-refractivity contribution >= 4 is 21.7 Å². The van der Waals surface area contributed by atoms with Gasteiger partial charge in [-0.05, 0) is 26.1 Å². The summed E-state index contributed by atoms with van der Waals surface area (Å²) in [6.07, 6.45) is 0. The molecule has 2 aromatic heterocycles. The quantitative estimate of drug-likeness (QED) is 0.854. The summed E-state index contributed by atoms with van der Waals surface area (Å²) in [5.74, 6) is -0.162. The Labute approximate surface area is 115 Å². The third kappa shape index (κ3) is 2.73. The third-order valence-electron chi connectivity index (χ3n) is 2.58. The average Bonchev–Trinajstić information content (AvgIpc) is 2.97. The second-order valence-corrected chi connectivity index (χ2v) is 5.89. The van der Waals surface area contributed by atoms with Gasteiger partial charge in [-0.25, -0.2) is 13.1 Å². The maximum Gasteiger partial charge on any atom is 0.292 e. The number of carbonyl (C=O) groups excluding carboxylic acids is 1. The normalized spacial score (nSPS) is 11.6. The van der Waals surface area contributed by atoms with E-state index in [9.17, 15) is 13.2 Å². The highest BCUT2D eigenvalue weighted by molar-refractivity contribution is 7.89. The highest BCUT2D eigenvalue weighted by atomic mass is 32.2. The number of nitrogens with zero attached hydrogens (tertiary/aromatic N) is 2. The molecule has 9 heteroatoms. The van der Waals surface area contributed by atoms with Gasteiger partial charge in [-0.1, -0.05) is 0 Å². The number of aryl methyl sites for hydroxylation is 2. The van der Waals surface area contributed by atoms with Crippen LogP contribution >= 0.6 is 0 Å². The number of amides is 1. The van der Waals surface area contributed by atoms with Crippen LogP contribution in [-0.2, 0) is 17.1 Å². The second-order valence-electron chi connectivity index (χ2n) is 4.07. The van der Waals surface area contributed by atoms with E-state index < -0.39 is 15.9 Å². The topological polar surface area (TPSA) is 106 Å². The molecule has 8 nitrogen and oxygen atoms in total. The van der Waals surface area contributed by atoms with E-state index >= 15 is 0 Å². The van der Waals surface area contributed by atoms with Gasteiger partial charge in [0.2, 0.25) is 5.09 Å². The molecule has 20 heavy (non-hydrogen) atoms. The Morgan fingerprint density at radius 3 is 2.65 bits per heavy atom. The van der Waals surface area contributed by atoms with E-state index in [1.165, 1.54) is 23.9 Å². The molecule has 0 atom stereocenters. The van der Waals surface area contributed by atoms with Crippen molar-refractivity contribution in [3.05, 3.63) is 29.7 Å². The zero-order chi connectivity index (χ0) is 14.9. The van der Waals surface area contributed by atoms with Gasteiger partial charge in [0.15, 0.2) is 5.76 Å². The van der Waals surface area contributed by atoms with E-state index in [2.05, 4.69) is 15.1 Å². The van der Waals surface area contributed by atoms with Gasteiger partial charge in [-0.15, -0.1) is 0 Å². The number of hydrogen-bond acceptors (Lipinski definition) is 5. The van der Waals surface area contributed by atoms with Crippen LogP contribution in [0.15, 0.2) is 27.7 Å². The van der Waals surface area contributed by atoms with Crippen LogP contribution in [0.2, 0.25) is 0 Å². The van der Waals surface area contributed by atoms with E-state index in [0.29, 0.717) is 5.82 Å². The molecule has 2 rings (SSSR count). The van der Waals surface area contributed by atoms with Crippen molar-refractivity contribution in [3.8, 4) is 0 Å². The molecule has 0 unspecified atom stereocenters. The van der Waals surface area contributed by atoms with E-state index in [0.717, 1.165) is 5.69 Å². The molecular weight excluding hydrogens is 284 g/mol. The Bertz CT molecular complexity index is 744. The highest BCUT2D eigenvalue weighted by Crippen LogP contribution is 2.15. The Hall–Kier alpha value is -2.13. The van der Waals surface area contributed by atoms with E-state index in [4.69, 9.17) is 4.42 Å². The number of hydrogen-bond donors (Lipinski definition) is 2. The predicted molar refractivity (Wildman–Crippen MR) is 70.9 cm³/mol. The number of anilines is 1. The summed E-state index contributed by atoms with van der Waals surface area (Å²) in [7, 11) is -0.760. The van der Waals surface area contributed by atoms with Crippen LogP contribution in [0.5, 0.6) is 0 Å². The number of carbonyl (C=O) groups is 1. The van der Waals surface area contributed by atoms with Crippen LogP contribution in [0, 0.1) is 6.92 Å². The number of aromatic nitrogens is 2. The highest BCUT2D eigenvalue weighted by Gasteiger charge is 2.20. The Morgan fingerprint density at radius 2 is 2.10 bits per heavy atom. The van der Waals surface area contributed by atoms with Crippen molar-refractivity contribution in [1.29, 1.82) is 0 Å². The van der Waals surface area contributed by atoms with Crippen LogP contribution < -0.4 is 10.0 Å². The molecule has 1 amide bonds. The van der Waals surface area contributed by atoms with Gasteiger partial charge >= 0.3 is 0 Å². The molecule has 0 saturated heterocycles. The Morgan fingerprint density at radius 1 is 1.40 bits per heavy atom. The van der Waals surface area contributed by atoms with Crippen LogP contribution in [0.3, 0.4) is 0 Å². The lowest BCUT2D eigenvalue weighted by Crippen LogP contribution is -2.18. The summed E-state index contributed by atoms with van der Waals surface area (Å²) in [5, 5.41) is 6.35. The van der Waals surface area contributed by atoms with Gasteiger partial charge in [0, 0.05) is 13.1 Å². The fourth-order valence-corrected chi connectivity index (χ4v) is 2.24. The summed E-state index contributed by atoms with van der Waals surface area (Å²) < 4.78 is 31.6. The Balaban J connectivity index is 2.21. The zero-order valence-electron chi connectivity index (χ0n) is 11.2. The first-order valence-electron chi connectivity index (χ1n) is 5.69. The van der Waals surface area contributed by atoms with Crippen molar-refractivity contribution < 1.29 is 17.6 Å². The van der Waals surface area contributed by atoms with Gasteiger partial charge < -0.3 is 9.73 Å². The van der Waals surface area contributed by atoms with E-state index in [1.54, 1.807) is 20.0 Å². The second kappa shape index (κ2) is 5.10. The van der Waals surface area contributed by atoms with Crippen LogP contribution in [0.4, 0.5) is 5.82 Å². The van der Waals surface area contributed by atoms with Crippen molar-refractivity contribution in [1.82, 2.24) is 14.5 Å². The lowest BCUT2D eigenvalue weighted by atomic mass is 10.4. The van der Waals surface area contributed by atoms with Crippen molar-refractivity contribution in [2.24, 2.45) is 7.05 Å². The molecule has 0 saturated carbocycles. The fraction of sp³-hybridized carbons (Fsp3) is 0.273. The molecule has 0 aromatic carbocycles. The molecular formula is C11H14N4O4S. The SMILES string of the molecule is CNS(=O)(=O)c1ccc(C(=O)Nc2cc(C)nn2C)o1. The van der Waals surface area contributed by atoms with Gasteiger partial charge in [0.1, 0.15) is 5.82 Å². The van der Waals surface area contributed by atoms with Crippen LogP contribution in [-0.4, -0.2) is 31.2 Å². The summed E-state index contributed by atoms with van der Waals surface area (Å²) in [5.41, 5.74) is 0.751. The zero-order valence-corrected chi connectivity index (χ0v) is 12.0. The summed E-state index contributed by atoms with van der Waals surface area (Å²) in [6, 6.07) is 4.20. The number of sulfonamides is 1. The van der Waals surface area contributed by atoms with E-state index in [-0.39, 0.29) is 10.9 Å². The minimum absolute atomic E-state index is 0.0994. The first-order valence-corrected chi connectivity index (χ1v) is 7.17. The average molecular weight is 298 g/mol. The molecule has 0 bridgehead atoms. The molecule has 2 aromatic rings. The van der Waals surface area contributed by atoms with Gasteiger partial charge in [-0.3, -0.25) is 9.48 Å². The molecule has 0 spiro atoms. The Kier molecular flexibility index (Phi) is 3.64. The largest absolute Gasteiger partial charge is 0.438 e. The molecule has 0 aliphatic carbocycles. The van der Waals surface area contributed by atoms with Crippen LogP contribution in [0.25, 0.3) is 0 Å². The fourth-order valence-electron chi connectivity index (χ4n) is 1.59. The molecule has 0 radical (unpaired) electrons. The molecule has 2 N–H and O–H groups in total. The van der Waals surface area contributed by atoms with Gasteiger partial charge in [0.05, 0.1) is 5.69 Å². The molecule has 2 heterocycles. The first-order chi connectivity index (χ1) is 9.33. The minimum atomic E-state index is -3.70. The molecule has 108 valence electrons. The van der Waals surface area contributed by atoms with Crippen molar-refractivity contribution in [3.63, 3.8) is 0 Å². The molecule has 0 aliphatic heterocycles. The summed E-state index contributed by atoms with van der Waals surface area (Å²) in [4.78, 5) is 11.9. The van der Waals surface area contributed by atoms with Crippen LogP contribution in [0.1, 0.15) is 16.2 Å². The van der Waals surface area contributed by atoms with Crippen molar-refractivity contribution in [2.75, 3.05) is 12.4 Å². The minimum Gasteiger partial charge on any atom is -0.438 e. The smallest absolute Gasteiger partial charge is 0.292 e. The first kappa shape index (κ1) is 14.3. The third-order valence-corrected chi connectivity index (χ3v) is 3.87. The lowest BCUT2D eigenvalue weighted by Gasteiger charge is -2.02. The maximum absolute atomic E-state index is 11.9. The summed E-state index contributed by atoms with van der Waals surface area (Å²) >= 11 is 0. The number of furan rings is 1. The maximum atomic E-state index is 11.9. The number of nitrogens with one attached hydrogen (secondary N) is 2. The van der Waals surface area contributed by atoms with Gasteiger partial charge in [0.25, 0.3) is 15.9 Å². The van der Waals surface area contributed by atoms with Crippen molar-refractivity contribution in [2.45, 2.75) is 12.0 Å². The molecule has 0 fully saturated rings. The van der Waals surface area contributed by atoms with Gasteiger partial charge in [-0.2, -0.15) is 5.10 Å². The number of rotatable bonds is 4. The standard InChI is InChI=1S/C11H14N4O4S/c1-7-6-9(15(3)14-7)13-11(16)8-4-5-10(19-8)20(17,18)12-2/h4-6,12H,1-3H3,(H,13,16). The van der Waals surface area contributed by atoms with E-state index in [1.807, 2.05) is 0 Å².